The predicted molar refractivity (Wildman–Crippen MR) is 153 cm³/mol. The minimum absolute atomic E-state index is 0.0867. The Labute approximate surface area is 238 Å². The van der Waals surface area contributed by atoms with E-state index in [0.717, 1.165) is 35.6 Å². The second kappa shape index (κ2) is 12.1. The van der Waals surface area contributed by atoms with Crippen LogP contribution in [0.15, 0.2) is 47.6 Å². The van der Waals surface area contributed by atoms with E-state index in [1.54, 1.807) is 37.7 Å². The number of hydrogen-bond acceptors (Lipinski definition) is 10. The molecular weight excluding hydrogens is 552 g/mol. The van der Waals surface area contributed by atoms with Crippen LogP contribution >= 0.6 is 11.3 Å². The van der Waals surface area contributed by atoms with Crippen molar-refractivity contribution in [2.45, 2.75) is 67.7 Å². The van der Waals surface area contributed by atoms with E-state index in [4.69, 9.17) is 19.2 Å². The van der Waals surface area contributed by atoms with Gasteiger partial charge in [0.25, 0.3) is 0 Å². The van der Waals surface area contributed by atoms with E-state index >= 15 is 0 Å². The van der Waals surface area contributed by atoms with Gasteiger partial charge < -0.3 is 24.8 Å². The highest BCUT2D eigenvalue weighted by Crippen LogP contribution is 2.41. The molecule has 2 fully saturated rings. The first kappa shape index (κ1) is 28.3. The Morgan fingerprint density at radius 3 is 2.48 bits per heavy atom. The molecule has 10 nitrogen and oxygen atoms in total. The monoisotopic (exact) mass is 586 g/mol. The minimum Gasteiger partial charge on any atom is -0.495 e. The molecule has 2 N–H and O–H groups in total. The van der Waals surface area contributed by atoms with E-state index in [-0.39, 0.29) is 42.3 Å². The number of thiazole rings is 1. The number of methoxy groups -OCH3 is 1. The van der Waals surface area contributed by atoms with Crippen LogP contribution in [-0.4, -0.2) is 62.2 Å². The number of nitrogens with one attached hydrogen (secondary N) is 2. The zero-order valence-electron chi connectivity index (χ0n) is 22.8. The van der Waals surface area contributed by atoms with Crippen molar-refractivity contribution in [1.82, 2.24) is 15.3 Å². The number of carbonyl (C=O) groups is 1. The predicted octanol–water partition coefficient (Wildman–Crippen LogP) is 5.29. The number of amides is 1. The van der Waals surface area contributed by atoms with Crippen molar-refractivity contribution in [1.29, 1.82) is 0 Å². The van der Waals surface area contributed by atoms with Gasteiger partial charge in [-0.25, -0.2) is 23.2 Å². The van der Waals surface area contributed by atoms with Crippen molar-refractivity contribution >= 4 is 38.8 Å². The molecule has 1 aliphatic heterocycles. The summed E-state index contributed by atoms with van der Waals surface area (Å²) in [4.78, 5) is 22.0. The van der Waals surface area contributed by atoms with Gasteiger partial charge in [0.15, 0.2) is 9.84 Å². The number of nitrogens with zero attached hydrogens (tertiary/aromatic N) is 2. The quantitative estimate of drug-likeness (QED) is 0.344. The third kappa shape index (κ3) is 6.39. The average Bonchev–Trinajstić information content (AvgIpc) is 3.38. The van der Waals surface area contributed by atoms with Crippen LogP contribution in [0.3, 0.4) is 0 Å². The summed E-state index contributed by atoms with van der Waals surface area (Å²) in [5, 5.41) is 6.56. The maximum atomic E-state index is 13.6. The highest BCUT2D eigenvalue weighted by molar-refractivity contribution is 7.92. The van der Waals surface area contributed by atoms with Crippen molar-refractivity contribution in [3.05, 3.63) is 47.7 Å². The molecule has 0 unspecified atom stereocenters. The van der Waals surface area contributed by atoms with Crippen LogP contribution in [0.25, 0.3) is 10.4 Å². The molecule has 2 aliphatic rings. The Morgan fingerprint density at radius 2 is 1.85 bits per heavy atom. The van der Waals surface area contributed by atoms with Crippen LogP contribution < -0.4 is 15.4 Å². The smallest absolute Gasteiger partial charge is 0.407 e. The van der Waals surface area contributed by atoms with E-state index in [9.17, 15) is 13.2 Å². The highest BCUT2D eigenvalue weighted by Gasteiger charge is 2.36. The van der Waals surface area contributed by atoms with Crippen LogP contribution in [0, 0.1) is 0 Å². The molecule has 0 atom stereocenters. The van der Waals surface area contributed by atoms with Crippen LogP contribution in [-0.2, 0) is 19.3 Å². The summed E-state index contributed by atoms with van der Waals surface area (Å²) in [5.74, 6) is 1.47. The molecule has 1 saturated carbocycles. The summed E-state index contributed by atoms with van der Waals surface area (Å²) < 4.78 is 42.8. The van der Waals surface area contributed by atoms with Gasteiger partial charge in [0.05, 0.1) is 47.4 Å². The number of pyridine rings is 1. The van der Waals surface area contributed by atoms with E-state index in [2.05, 4.69) is 15.6 Å². The molecule has 214 valence electrons. The lowest BCUT2D eigenvalue weighted by atomic mass is 9.86. The summed E-state index contributed by atoms with van der Waals surface area (Å²) in [5.41, 5.74) is 1.25. The van der Waals surface area contributed by atoms with Gasteiger partial charge in [0.1, 0.15) is 16.8 Å². The van der Waals surface area contributed by atoms with Crippen molar-refractivity contribution in [2.24, 2.45) is 0 Å². The maximum Gasteiger partial charge on any atom is 0.407 e. The van der Waals surface area contributed by atoms with Gasteiger partial charge in [-0.15, -0.1) is 11.3 Å². The number of rotatable bonds is 9. The standard InChI is InChI=1S/C28H34N4O6S2/c1-17(2)38-28(33)32-19-6-4-18(5-7-19)27-30-14-24(39-27)23-10-8-20(31-26-11-9-21(36-3)13-29-26)12-25(23)40(34,35)22-15-37-16-22/h8-14,17-19,22H,4-7,15-16H2,1-3H3,(H,29,31)(H,32,33)/t18-,19-. The number of alkyl carbamates (subject to hydrolysis) is 1. The fourth-order valence-electron chi connectivity index (χ4n) is 4.84. The summed E-state index contributed by atoms with van der Waals surface area (Å²) in [6.07, 6.45) is 6.31. The molecule has 1 amide bonds. The van der Waals surface area contributed by atoms with Crippen LogP contribution in [0.5, 0.6) is 5.75 Å². The molecule has 0 bridgehead atoms. The largest absolute Gasteiger partial charge is 0.495 e. The fourth-order valence-corrected chi connectivity index (χ4v) is 7.71. The molecule has 3 aromatic rings. The lowest BCUT2D eigenvalue weighted by Crippen LogP contribution is -2.40. The van der Waals surface area contributed by atoms with Gasteiger partial charge >= 0.3 is 6.09 Å². The third-order valence-corrected chi connectivity index (χ3v) is 10.4. The Balaban J connectivity index is 1.34. The number of ether oxygens (including phenoxy) is 3. The summed E-state index contributed by atoms with van der Waals surface area (Å²) >= 11 is 1.53. The molecule has 0 radical (unpaired) electrons. The van der Waals surface area contributed by atoms with Gasteiger partial charge in [0, 0.05) is 29.4 Å². The molecule has 40 heavy (non-hydrogen) atoms. The van der Waals surface area contributed by atoms with Gasteiger partial charge in [-0.2, -0.15) is 0 Å². The van der Waals surface area contributed by atoms with Crippen LogP contribution in [0.4, 0.5) is 16.3 Å². The first-order valence-corrected chi connectivity index (χ1v) is 15.7. The van der Waals surface area contributed by atoms with Gasteiger partial charge in [-0.1, -0.05) is 6.07 Å². The zero-order valence-corrected chi connectivity index (χ0v) is 24.4. The van der Waals surface area contributed by atoms with E-state index in [1.165, 1.54) is 11.3 Å². The molecule has 1 saturated heterocycles. The number of hydrogen-bond donors (Lipinski definition) is 2. The van der Waals surface area contributed by atoms with Crippen molar-refractivity contribution in [3.8, 4) is 16.2 Å². The molecule has 0 spiro atoms. The summed E-state index contributed by atoms with van der Waals surface area (Å²) in [6.45, 7) is 4.04. The van der Waals surface area contributed by atoms with Crippen LogP contribution in [0.2, 0.25) is 0 Å². The fraction of sp³-hybridized carbons (Fsp3) is 0.464. The average molecular weight is 587 g/mol. The Morgan fingerprint density at radius 1 is 1.07 bits per heavy atom. The second-order valence-corrected chi connectivity index (χ2v) is 13.6. The topological polar surface area (TPSA) is 129 Å². The Bertz CT molecular complexity index is 1430. The normalized spacial score (nSPS) is 19.6. The molecule has 12 heteroatoms. The molecule has 5 rings (SSSR count). The first-order chi connectivity index (χ1) is 19.2. The number of aromatic nitrogens is 2. The van der Waals surface area contributed by atoms with Crippen molar-refractivity contribution in [3.63, 3.8) is 0 Å². The van der Waals surface area contributed by atoms with E-state index < -0.39 is 15.1 Å². The van der Waals surface area contributed by atoms with Crippen molar-refractivity contribution < 1.29 is 27.4 Å². The molecule has 3 heterocycles. The summed E-state index contributed by atoms with van der Waals surface area (Å²) in [6, 6.07) is 8.99. The van der Waals surface area contributed by atoms with Gasteiger partial charge in [-0.3, -0.25) is 0 Å². The molecule has 2 aromatic heterocycles. The summed E-state index contributed by atoms with van der Waals surface area (Å²) in [7, 11) is -2.06. The van der Waals surface area contributed by atoms with Crippen molar-refractivity contribution in [2.75, 3.05) is 25.6 Å². The lowest BCUT2D eigenvalue weighted by molar-refractivity contribution is 0.0416. The maximum absolute atomic E-state index is 13.6. The Hall–Kier alpha value is -3.22. The zero-order chi connectivity index (χ0) is 28.3. The van der Waals surface area contributed by atoms with Gasteiger partial charge in [-0.05, 0) is 63.8 Å². The molecule has 1 aliphatic carbocycles. The van der Waals surface area contributed by atoms with Gasteiger partial charge in [0.2, 0.25) is 0 Å². The lowest BCUT2D eigenvalue weighted by Gasteiger charge is -2.28. The first-order valence-electron chi connectivity index (χ1n) is 13.4. The number of carbonyl (C=O) groups excluding carboxylic acids is 1. The second-order valence-electron chi connectivity index (χ2n) is 10.3. The third-order valence-electron chi connectivity index (χ3n) is 7.11. The van der Waals surface area contributed by atoms with E-state index in [1.807, 2.05) is 26.0 Å². The number of anilines is 2. The van der Waals surface area contributed by atoms with Crippen LogP contribution in [0.1, 0.15) is 50.5 Å². The molecular formula is C28H34N4O6S2. The highest BCUT2D eigenvalue weighted by atomic mass is 32.2. The Kier molecular flexibility index (Phi) is 8.57. The number of benzene rings is 1. The minimum atomic E-state index is -3.63. The number of sulfone groups is 1. The van der Waals surface area contributed by atoms with E-state index in [0.29, 0.717) is 22.8 Å². The SMILES string of the molecule is COc1ccc(Nc2ccc(-c3cnc([C@H]4CC[C@H](NC(=O)OC(C)C)CC4)s3)c(S(=O)(=O)C3COC3)c2)nc1. The molecule has 1 aromatic carbocycles.